The van der Waals surface area contributed by atoms with Gasteiger partial charge in [-0.1, -0.05) is 18.2 Å². The maximum Gasteiger partial charge on any atom is 0.254 e. The molecule has 0 radical (unpaired) electrons. The minimum Gasteiger partial charge on any atom is -0.469 e. The average Bonchev–Trinajstić information content (AvgIpc) is 3.07. The zero-order valence-electron chi connectivity index (χ0n) is 10.4. The molecule has 0 saturated heterocycles. The molecular formula is C14H12N2O3. The number of aryl methyl sites for hydroxylation is 1. The van der Waals surface area contributed by atoms with Crippen LogP contribution in [0, 0.1) is 6.92 Å². The van der Waals surface area contributed by atoms with Crippen LogP contribution in [-0.4, -0.2) is 10.1 Å². The highest BCUT2D eigenvalue weighted by molar-refractivity contribution is 5.53. The Balaban J connectivity index is 1.78. The van der Waals surface area contributed by atoms with E-state index in [-0.39, 0.29) is 0 Å². The van der Waals surface area contributed by atoms with Gasteiger partial charge in [0.2, 0.25) is 5.89 Å². The van der Waals surface area contributed by atoms with Crippen molar-refractivity contribution in [2.45, 2.75) is 13.5 Å². The third-order valence-corrected chi connectivity index (χ3v) is 2.68. The Labute approximate surface area is 109 Å². The van der Waals surface area contributed by atoms with Crippen molar-refractivity contribution in [3.05, 3.63) is 54.1 Å². The van der Waals surface area contributed by atoms with E-state index >= 15 is 0 Å². The highest BCUT2D eigenvalue weighted by Crippen LogP contribution is 2.22. The van der Waals surface area contributed by atoms with Gasteiger partial charge < -0.3 is 13.7 Å². The molecule has 96 valence electrons. The standard InChI is InChI=1S/C14H12N2O3/c1-10-12(9-17-13-7-8-18-16-13)15-14(19-10)11-5-3-2-4-6-11/h2-8H,9H2,1H3. The number of hydrogen-bond donors (Lipinski definition) is 0. The summed E-state index contributed by atoms with van der Waals surface area (Å²) in [6.07, 6.45) is 1.46. The van der Waals surface area contributed by atoms with Gasteiger partial charge in [-0.25, -0.2) is 4.98 Å². The molecule has 3 aromatic rings. The molecule has 0 aliphatic rings. The van der Waals surface area contributed by atoms with Crippen molar-refractivity contribution in [3.63, 3.8) is 0 Å². The van der Waals surface area contributed by atoms with Crippen LogP contribution in [0.5, 0.6) is 5.88 Å². The number of nitrogens with zero attached hydrogens (tertiary/aromatic N) is 2. The molecule has 5 nitrogen and oxygen atoms in total. The minimum atomic E-state index is 0.300. The maximum absolute atomic E-state index is 5.64. The summed E-state index contributed by atoms with van der Waals surface area (Å²) in [5, 5.41) is 3.67. The van der Waals surface area contributed by atoms with E-state index in [2.05, 4.69) is 14.7 Å². The van der Waals surface area contributed by atoms with Gasteiger partial charge in [-0.2, -0.15) is 0 Å². The molecule has 0 amide bonds. The van der Waals surface area contributed by atoms with Gasteiger partial charge in [0, 0.05) is 11.6 Å². The van der Waals surface area contributed by atoms with Gasteiger partial charge in [-0.05, 0) is 24.2 Å². The second kappa shape index (κ2) is 4.97. The molecule has 19 heavy (non-hydrogen) atoms. The third kappa shape index (κ3) is 2.49. The van der Waals surface area contributed by atoms with Crippen molar-refractivity contribution < 1.29 is 13.7 Å². The smallest absolute Gasteiger partial charge is 0.254 e. The van der Waals surface area contributed by atoms with Crippen molar-refractivity contribution in [2.24, 2.45) is 0 Å². The quantitative estimate of drug-likeness (QED) is 0.717. The van der Waals surface area contributed by atoms with E-state index < -0.39 is 0 Å². The number of oxazole rings is 1. The van der Waals surface area contributed by atoms with E-state index in [1.807, 2.05) is 37.3 Å². The van der Waals surface area contributed by atoms with Gasteiger partial charge in [0.25, 0.3) is 5.88 Å². The first-order chi connectivity index (χ1) is 9.33. The second-order valence-electron chi connectivity index (χ2n) is 4.01. The zero-order valence-corrected chi connectivity index (χ0v) is 10.4. The molecular weight excluding hydrogens is 244 g/mol. The maximum atomic E-state index is 5.64. The summed E-state index contributed by atoms with van der Waals surface area (Å²) in [6, 6.07) is 11.4. The van der Waals surface area contributed by atoms with E-state index in [9.17, 15) is 0 Å². The molecule has 0 N–H and O–H groups in total. The van der Waals surface area contributed by atoms with Crippen LogP contribution in [0.1, 0.15) is 11.5 Å². The zero-order chi connectivity index (χ0) is 13.1. The van der Waals surface area contributed by atoms with Gasteiger partial charge >= 0.3 is 0 Å². The summed E-state index contributed by atoms with van der Waals surface area (Å²) in [5.41, 5.74) is 1.69. The highest BCUT2D eigenvalue weighted by Gasteiger charge is 2.12. The van der Waals surface area contributed by atoms with E-state index in [0.717, 1.165) is 17.0 Å². The highest BCUT2D eigenvalue weighted by atomic mass is 16.5. The van der Waals surface area contributed by atoms with Crippen LogP contribution < -0.4 is 4.74 Å². The van der Waals surface area contributed by atoms with Crippen molar-refractivity contribution in [3.8, 4) is 17.3 Å². The fourth-order valence-corrected chi connectivity index (χ4v) is 1.68. The fraction of sp³-hybridized carbons (Fsp3) is 0.143. The number of aromatic nitrogens is 2. The lowest BCUT2D eigenvalue weighted by atomic mass is 10.2. The van der Waals surface area contributed by atoms with E-state index in [1.54, 1.807) is 6.07 Å². The number of benzene rings is 1. The Morgan fingerprint density at radius 3 is 2.74 bits per heavy atom. The molecule has 0 aliphatic heterocycles. The van der Waals surface area contributed by atoms with Crippen LogP contribution in [0.3, 0.4) is 0 Å². The summed E-state index contributed by atoms with van der Waals surface area (Å²) >= 11 is 0. The predicted molar refractivity (Wildman–Crippen MR) is 67.5 cm³/mol. The molecule has 2 aromatic heterocycles. The van der Waals surface area contributed by atoms with Crippen LogP contribution in [0.2, 0.25) is 0 Å². The Hall–Kier alpha value is -2.56. The lowest BCUT2D eigenvalue weighted by molar-refractivity contribution is 0.264. The monoisotopic (exact) mass is 256 g/mol. The van der Waals surface area contributed by atoms with Crippen molar-refractivity contribution in [1.29, 1.82) is 0 Å². The largest absolute Gasteiger partial charge is 0.469 e. The van der Waals surface area contributed by atoms with Crippen molar-refractivity contribution >= 4 is 0 Å². The Morgan fingerprint density at radius 2 is 2.00 bits per heavy atom. The molecule has 0 fully saturated rings. The molecule has 0 saturated carbocycles. The molecule has 1 aromatic carbocycles. The van der Waals surface area contributed by atoms with Crippen molar-refractivity contribution in [1.82, 2.24) is 10.1 Å². The average molecular weight is 256 g/mol. The normalized spacial score (nSPS) is 10.6. The summed E-state index contributed by atoms with van der Waals surface area (Å²) < 4.78 is 15.8. The van der Waals surface area contributed by atoms with E-state index in [4.69, 9.17) is 9.15 Å². The van der Waals surface area contributed by atoms with E-state index in [0.29, 0.717) is 18.4 Å². The predicted octanol–water partition coefficient (Wildman–Crippen LogP) is 3.22. The van der Waals surface area contributed by atoms with Crippen molar-refractivity contribution in [2.75, 3.05) is 0 Å². The van der Waals surface area contributed by atoms with Crippen LogP contribution in [0.25, 0.3) is 11.5 Å². The molecule has 0 aliphatic carbocycles. The molecule has 2 heterocycles. The number of ether oxygens (including phenoxy) is 1. The van der Waals surface area contributed by atoms with Crippen LogP contribution in [0.4, 0.5) is 0 Å². The van der Waals surface area contributed by atoms with Crippen LogP contribution >= 0.6 is 0 Å². The van der Waals surface area contributed by atoms with E-state index in [1.165, 1.54) is 6.26 Å². The number of hydrogen-bond acceptors (Lipinski definition) is 5. The summed E-state index contributed by atoms with van der Waals surface area (Å²) in [5.74, 6) is 1.77. The summed E-state index contributed by atoms with van der Waals surface area (Å²) in [4.78, 5) is 4.43. The van der Waals surface area contributed by atoms with Gasteiger partial charge in [0.15, 0.2) is 0 Å². The van der Waals surface area contributed by atoms with Gasteiger partial charge in [-0.15, -0.1) is 0 Å². The number of rotatable bonds is 4. The minimum absolute atomic E-state index is 0.300. The first kappa shape index (κ1) is 11.5. The Morgan fingerprint density at radius 1 is 1.16 bits per heavy atom. The molecule has 0 bridgehead atoms. The molecule has 0 atom stereocenters. The third-order valence-electron chi connectivity index (χ3n) is 2.68. The van der Waals surface area contributed by atoms with Gasteiger partial charge in [-0.3, -0.25) is 0 Å². The topological polar surface area (TPSA) is 61.3 Å². The van der Waals surface area contributed by atoms with Gasteiger partial charge in [0.1, 0.15) is 24.3 Å². The lowest BCUT2D eigenvalue weighted by Gasteiger charge is -1.97. The summed E-state index contributed by atoms with van der Waals surface area (Å²) in [6.45, 7) is 2.16. The second-order valence-corrected chi connectivity index (χ2v) is 4.01. The van der Waals surface area contributed by atoms with Crippen LogP contribution in [0.15, 0.2) is 51.6 Å². The molecule has 5 heteroatoms. The SMILES string of the molecule is Cc1oc(-c2ccccc2)nc1COc1ccon1. The van der Waals surface area contributed by atoms with Crippen LogP contribution in [-0.2, 0) is 6.61 Å². The molecule has 3 rings (SSSR count). The summed E-state index contributed by atoms with van der Waals surface area (Å²) in [7, 11) is 0. The first-order valence-electron chi connectivity index (χ1n) is 5.88. The molecule has 0 unspecified atom stereocenters. The lowest BCUT2D eigenvalue weighted by Crippen LogP contribution is -1.97. The Bertz CT molecular complexity index is 645. The fourth-order valence-electron chi connectivity index (χ4n) is 1.68. The Kier molecular flexibility index (Phi) is 3.02. The van der Waals surface area contributed by atoms with Gasteiger partial charge in [0.05, 0.1) is 0 Å². The molecule has 0 spiro atoms. The first-order valence-corrected chi connectivity index (χ1v) is 5.88.